The van der Waals surface area contributed by atoms with Gasteiger partial charge in [-0.15, -0.1) is 11.8 Å². The van der Waals surface area contributed by atoms with Gasteiger partial charge in [0.1, 0.15) is 0 Å². The van der Waals surface area contributed by atoms with Crippen molar-refractivity contribution in [2.45, 2.75) is 26.0 Å². The highest BCUT2D eigenvalue weighted by Gasteiger charge is 2.15. The van der Waals surface area contributed by atoms with Crippen molar-refractivity contribution in [1.82, 2.24) is 5.32 Å². The lowest BCUT2D eigenvalue weighted by Crippen LogP contribution is -2.33. The van der Waals surface area contributed by atoms with E-state index in [0.717, 1.165) is 5.75 Å². The van der Waals surface area contributed by atoms with E-state index in [-0.39, 0.29) is 12.5 Å². The van der Waals surface area contributed by atoms with E-state index in [1.807, 2.05) is 25.1 Å². The highest BCUT2D eigenvalue weighted by molar-refractivity contribution is 7.99. The van der Waals surface area contributed by atoms with Crippen LogP contribution < -0.4 is 5.32 Å². The van der Waals surface area contributed by atoms with Crippen molar-refractivity contribution in [3.63, 3.8) is 0 Å². The summed E-state index contributed by atoms with van der Waals surface area (Å²) in [5.41, 5.74) is 2.40. The van der Waals surface area contributed by atoms with Gasteiger partial charge in [0.25, 0.3) is 0 Å². The van der Waals surface area contributed by atoms with Crippen LogP contribution in [0.25, 0.3) is 0 Å². The third-order valence-electron chi connectivity index (χ3n) is 2.97. The summed E-state index contributed by atoms with van der Waals surface area (Å²) in [5, 5.41) is 11.6. The molecule has 2 N–H and O–H groups in total. The number of amides is 1. The molecular formula is C15H21NO3S. The van der Waals surface area contributed by atoms with Gasteiger partial charge in [-0.2, -0.15) is 0 Å². The Bertz CT molecular complexity index is 462. The van der Waals surface area contributed by atoms with E-state index in [2.05, 4.69) is 11.4 Å². The number of carbonyl (C=O) groups excluding carboxylic acids is 1. The molecule has 1 aromatic carbocycles. The Morgan fingerprint density at radius 3 is 2.75 bits per heavy atom. The minimum atomic E-state index is -0.861. The molecule has 110 valence electrons. The third-order valence-corrected chi connectivity index (χ3v) is 3.98. The standard InChI is InChI=1S/C15H21NO3S/c1-3-13(15(18)19)8-16-14(17)10-20-9-12-6-4-5-11(2)7-12/h4-7,13H,3,8-10H2,1-2H3,(H,16,17)(H,18,19). The first-order valence-electron chi connectivity index (χ1n) is 6.65. The van der Waals surface area contributed by atoms with Crippen molar-refractivity contribution < 1.29 is 14.7 Å². The molecule has 0 aromatic heterocycles. The number of hydrogen-bond donors (Lipinski definition) is 2. The summed E-state index contributed by atoms with van der Waals surface area (Å²) in [5.74, 6) is -0.335. The molecule has 0 aliphatic carbocycles. The van der Waals surface area contributed by atoms with E-state index in [1.54, 1.807) is 6.92 Å². The number of carboxylic acids is 1. The van der Waals surface area contributed by atoms with Crippen LogP contribution in [0.2, 0.25) is 0 Å². The first-order valence-corrected chi connectivity index (χ1v) is 7.81. The first-order chi connectivity index (χ1) is 9.52. The molecule has 0 fully saturated rings. The van der Waals surface area contributed by atoms with E-state index in [9.17, 15) is 9.59 Å². The summed E-state index contributed by atoms with van der Waals surface area (Å²) in [6.07, 6.45) is 0.520. The number of carbonyl (C=O) groups is 2. The largest absolute Gasteiger partial charge is 0.481 e. The fourth-order valence-corrected chi connectivity index (χ4v) is 2.56. The summed E-state index contributed by atoms with van der Waals surface area (Å²) in [4.78, 5) is 22.4. The highest BCUT2D eigenvalue weighted by atomic mass is 32.2. The van der Waals surface area contributed by atoms with Gasteiger partial charge < -0.3 is 10.4 Å². The first kappa shape index (κ1) is 16.6. The van der Waals surface area contributed by atoms with Crippen molar-refractivity contribution in [2.75, 3.05) is 12.3 Å². The monoisotopic (exact) mass is 295 g/mol. The molecule has 20 heavy (non-hydrogen) atoms. The van der Waals surface area contributed by atoms with Gasteiger partial charge in [0.15, 0.2) is 0 Å². The molecule has 0 bridgehead atoms. The van der Waals surface area contributed by atoms with Gasteiger partial charge in [0.2, 0.25) is 5.91 Å². The summed E-state index contributed by atoms with van der Waals surface area (Å²) in [6, 6.07) is 8.18. The van der Waals surface area contributed by atoms with E-state index in [0.29, 0.717) is 12.2 Å². The molecule has 1 aromatic rings. The van der Waals surface area contributed by atoms with Gasteiger partial charge in [-0.1, -0.05) is 36.8 Å². The maximum atomic E-state index is 11.6. The lowest BCUT2D eigenvalue weighted by atomic mass is 10.1. The predicted octanol–water partition coefficient (Wildman–Crippen LogP) is 2.46. The van der Waals surface area contributed by atoms with Crippen LogP contribution in [-0.4, -0.2) is 29.3 Å². The molecule has 0 heterocycles. The number of hydrogen-bond acceptors (Lipinski definition) is 3. The fourth-order valence-electron chi connectivity index (χ4n) is 1.76. The van der Waals surface area contributed by atoms with Crippen LogP contribution in [-0.2, 0) is 15.3 Å². The maximum Gasteiger partial charge on any atom is 0.308 e. The average Bonchev–Trinajstić information content (AvgIpc) is 2.39. The molecule has 0 saturated carbocycles. The summed E-state index contributed by atoms with van der Waals surface area (Å²) >= 11 is 1.53. The zero-order valence-electron chi connectivity index (χ0n) is 11.9. The smallest absolute Gasteiger partial charge is 0.308 e. The summed E-state index contributed by atoms with van der Waals surface area (Å²) in [6.45, 7) is 4.05. The Labute approximate surface area is 124 Å². The zero-order valence-corrected chi connectivity index (χ0v) is 12.7. The highest BCUT2D eigenvalue weighted by Crippen LogP contribution is 2.13. The molecule has 1 rings (SSSR count). The predicted molar refractivity (Wildman–Crippen MR) is 81.8 cm³/mol. The second kappa shape index (κ2) is 8.64. The summed E-state index contributed by atoms with van der Waals surface area (Å²) in [7, 11) is 0. The summed E-state index contributed by atoms with van der Waals surface area (Å²) < 4.78 is 0. The average molecular weight is 295 g/mol. The van der Waals surface area contributed by atoms with Crippen LogP contribution >= 0.6 is 11.8 Å². The number of nitrogens with one attached hydrogen (secondary N) is 1. The molecule has 0 aliphatic heterocycles. The van der Waals surface area contributed by atoms with Crippen molar-refractivity contribution in [3.05, 3.63) is 35.4 Å². The molecule has 0 aliphatic rings. The van der Waals surface area contributed by atoms with Crippen molar-refractivity contribution in [3.8, 4) is 0 Å². The number of rotatable bonds is 8. The van der Waals surface area contributed by atoms with Crippen LogP contribution in [0.1, 0.15) is 24.5 Å². The van der Waals surface area contributed by atoms with Crippen LogP contribution in [0.4, 0.5) is 0 Å². The van der Waals surface area contributed by atoms with E-state index >= 15 is 0 Å². The van der Waals surface area contributed by atoms with Gasteiger partial charge in [-0.05, 0) is 18.9 Å². The molecule has 4 nitrogen and oxygen atoms in total. The van der Waals surface area contributed by atoms with Gasteiger partial charge in [-0.25, -0.2) is 0 Å². The van der Waals surface area contributed by atoms with Gasteiger partial charge >= 0.3 is 5.97 Å². The Morgan fingerprint density at radius 1 is 1.40 bits per heavy atom. The van der Waals surface area contributed by atoms with Gasteiger partial charge in [0.05, 0.1) is 11.7 Å². The molecule has 5 heteroatoms. The van der Waals surface area contributed by atoms with Crippen LogP contribution in [0.3, 0.4) is 0 Å². The minimum absolute atomic E-state index is 0.109. The molecule has 1 atom stereocenters. The maximum absolute atomic E-state index is 11.6. The second-order valence-corrected chi connectivity index (χ2v) is 5.71. The Hall–Kier alpha value is -1.49. The fraction of sp³-hybridized carbons (Fsp3) is 0.467. The lowest BCUT2D eigenvalue weighted by molar-refractivity contribution is -0.141. The van der Waals surface area contributed by atoms with Gasteiger partial charge in [-0.3, -0.25) is 9.59 Å². The minimum Gasteiger partial charge on any atom is -0.481 e. The molecular weight excluding hydrogens is 274 g/mol. The van der Waals surface area contributed by atoms with E-state index in [1.165, 1.54) is 22.9 Å². The van der Waals surface area contributed by atoms with Crippen LogP contribution in [0.5, 0.6) is 0 Å². The number of aryl methyl sites for hydroxylation is 1. The quantitative estimate of drug-likeness (QED) is 0.773. The molecule has 0 spiro atoms. The van der Waals surface area contributed by atoms with Crippen molar-refractivity contribution in [2.24, 2.45) is 5.92 Å². The topological polar surface area (TPSA) is 66.4 Å². The third kappa shape index (κ3) is 6.10. The molecule has 0 saturated heterocycles. The van der Waals surface area contributed by atoms with Crippen molar-refractivity contribution >= 4 is 23.6 Å². The van der Waals surface area contributed by atoms with Crippen molar-refractivity contribution in [1.29, 1.82) is 0 Å². The molecule has 1 unspecified atom stereocenters. The van der Waals surface area contributed by atoms with Crippen LogP contribution in [0.15, 0.2) is 24.3 Å². The SMILES string of the molecule is CCC(CNC(=O)CSCc1cccc(C)c1)C(=O)O. The zero-order chi connectivity index (χ0) is 15.0. The molecule has 1 amide bonds. The Kier molecular flexibility index (Phi) is 7.15. The number of aliphatic carboxylic acids is 1. The second-order valence-electron chi connectivity index (χ2n) is 4.73. The van der Waals surface area contributed by atoms with Crippen LogP contribution in [0, 0.1) is 12.8 Å². The Balaban J connectivity index is 2.25. The van der Waals surface area contributed by atoms with Gasteiger partial charge in [0, 0.05) is 12.3 Å². The number of carboxylic acid groups (broad SMARTS) is 1. The lowest BCUT2D eigenvalue weighted by Gasteiger charge is -2.11. The Morgan fingerprint density at radius 2 is 2.15 bits per heavy atom. The van der Waals surface area contributed by atoms with E-state index in [4.69, 9.17) is 5.11 Å². The normalized spacial score (nSPS) is 11.9. The molecule has 0 radical (unpaired) electrons. The van der Waals surface area contributed by atoms with E-state index < -0.39 is 11.9 Å². The number of thioether (sulfide) groups is 1. The number of benzene rings is 1.